The predicted octanol–water partition coefficient (Wildman–Crippen LogP) is 6.44. The van der Waals surface area contributed by atoms with E-state index < -0.39 is 0 Å². The van der Waals surface area contributed by atoms with E-state index in [0.29, 0.717) is 22.2 Å². The van der Waals surface area contributed by atoms with Crippen molar-refractivity contribution < 1.29 is 10.2 Å². The Morgan fingerprint density at radius 1 is 0.733 bits per heavy atom. The second kappa shape index (κ2) is 6.96. The molecule has 0 aromatic heterocycles. The molecule has 5 saturated carbocycles. The van der Waals surface area contributed by atoms with Gasteiger partial charge in [-0.1, -0.05) is 41.0 Å². The third-order valence-corrected chi connectivity index (χ3v) is 12.8. The molecule has 5 aliphatic carbocycles. The van der Waals surface area contributed by atoms with Crippen LogP contribution in [0.2, 0.25) is 0 Å². The van der Waals surface area contributed by atoms with Gasteiger partial charge < -0.3 is 10.2 Å². The Morgan fingerprint density at radius 3 is 2.23 bits per heavy atom. The van der Waals surface area contributed by atoms with Crippen molar-refractivity contribution in [2.45, 2.75) is 111 Å². The molecule has 0 aromatic carbocycles. The zero-order chi connectivity index (χ0) is 21.5. The summed E-state index contributed by atoms with van der Waals surface area (Å²) in [7, 11) is 0. The minimum Gasteiger partial charge on any atom is -0.396 e. The summed E-state index contributed by atoms with van der Waals surface area (Å²) in [5.41, 5.74) is 1.37. The number of rotatable bonds is 1. The van der Waals surface area contributed by atoms with Gasteiger partial charge in [-0.25, -0.2) is 0 Å². The normalized spacial score (nSPS) is 60.7. The SMILES string of the molecule is CC1CCC2(C)CCC3(C)C(CCC4(C)C3CCC3(CO)C(C)C(O)CCC43)C2C1. The highest BCUT2D eigenvalue weighted by Crippen LogP contribution is 2.74. The Morgan fingerprint density at radius 2 is 1.50 bits per heavy atom. The van der Waals surface area contributed by atoms with Crippen molar-refractivity contribution in [2.75, 3.05) is 6.61 Å². The van der Waals surface area contributed by atoms with Crippen LogP contribution >= 0.6 is 0 Å². The molecular formula is C28H48O2. The summed E-state index contributed by atoms with van der Waals surface area (Å²) < 4.78 is 0. The molecule has 0 spiro atoms. The highest BCUT2D eigenvalue weighted by Gasteiger charge is 2.67. The standard InChI is InChI=1S/C28H48O2/c1-18-8-11-25(3)14-15-26(4)20(21(25)16-18)9-12-27(5)23(26)10-13-28(17-29)19(2)22(30)6-7-24(27)28/h18-24,29-30H,6-17H2,1-5H3. The lowest BCUT2D eigenvalue weighted by Gasteiger charge is -2.71. The lowest BCUT2D eigenvalue weighted by molar-refractivity contribution is -0.238. The number of fused-ring (bicyclic) bond motifs is 7. The molecule has 0 aliphatic heterocycles. The molecule has 5 aliphatic rings. The summed E-state index contributed by atoms with van der Waals surface area (Å²) in [6.45, 7) is 13.0. The maximum absolute atomic E-state index is 10.7. The Bertz CT molecular complexity index is 676. The van der Waals surface area contributed by atoms with Gasteiger partial charge in [0.15, 0.2) is 0 Å². The van der Waals surface area contributed by atoms with E-state index in [4.69, 9.17) is 0 Å². The highest BCUT2D eigenvalue weighted by molar-refractivity contribution is 5.16. The molecule has 11 atom stereocenters. The molecule has 5 fully saturated rings. The van der Waals surface area contributed by atoms with Crippen molar-refractivity contribution in [3.05, 3.63) is 0 Å². The highest BCUT2D eigenvalue weighted by atomic mass is 16.3. The van der Waals surface area contributed by atoms with Crippen molar-refractivity contribution in [3.8, 4) is 0 Å². The van der Waals surface area contributed by atoms with Gasteiger partial charge in [0.25, 0.3) is 0 Å². The quantitative estimate of drug-likeness (QED) is 0.516. The number of aliphatic hydroxyl groups is 2. The first kappa shape index (κ1) is 21.7. The molecular weight excluding hydrogens is 368 g/mol. The van der Waals surface area contributed by atoms with Gasteiger partial charge in [0.2, 0.25) is 0 Å². The van der Waals surface area contributed by atoms with Gasteiger partial charge in [-0.2, -0.15) is 0 Å². The van der Waals surface area contributed by atoms with Gasteiger partial charge in [0, 0.05) is 12.0 Å². The molecule has 0 amide bonds. The molecule has 0 aromatic rings. The monoisotopic (exact) mass is 416 g/mol. The van der Waals surface area contributed by atoms with E-state index in [2.05, 4.69) is 34.6 Å². The van der Waals surface area contributed by atoms with Crippen LogP contribution in [-0.2, 0) is 0 Å². The van der Waals surface area contributed by atoms with E-state index in [1.165, 1.54) is 51.4 Å². The third-order valence-electron chi connectivity index (χ3n) is 12.8. The van der Waals surface area contributed by atoms with Crippen molar-refractivity contribution in [1.29, 1.82) is 0 Å². The van der Waals surface area contributed by atoms with E-state index in [-0.39, 0.29) is 24.0 Å². The lowest BCUT2D eigenvalue weighted by atomic mass is 9.34. The molecule has 0 saturated heterocycles. The first-order valence-electron chi connectivity index (χ1n) is 13.4. The Balaban J connectivity index is 1.50. The summed E-state index contributed by atoms with van der Waals surface area (Å²) in [4.78, 5) is 0. The molecule has 2 nitrogen and oxygen atoms in total. The van der Waals surface area contributed by atoms with Gasteiger partial charge in [0.05, 0.1) is 6.10 Å². The van der Waals surface area contributed by atoms with Crippen LogP contribution in [0.1, 0.15) is 105 Å². The first-order valence-corrected chi connectivity index (χ1v) is 13.4. The molecule has 0 radical (unpaired) electrons. The second-order valence-electron chi connectivity index (χ2n) is 13.8. The summed E-state index contributed by atoms with van der Waals surface area (Å²) in [5.74, 6) is 4.37. The van der Waals surface area contributed by atoms with Crippen molar-refractivity contribution in [1.82, 2.24) is 0 Å². The third kappa shape index (κ3) is 2.68. The largest absolute Gasteiger partial charge is 0.396 e. The van der Waals surface area contributed by atoms with Crippen LogP contribution in [-0.4, -0.2) is 22.9 Å². The van der Waals surface area contributed by atoms with Gasteiger partial charge in [0.1, 0.15) is 0 Å². The number of hydrogen-bond acceptors (Lipinski definition) is 2. The van der Waals surface area contributed by atoms with Crippen LogP contribution in [0, 0.1) is 57.2 Å². The smallest absolute Gasteiger partial charge is 0.0572 e. The maximum atomic E-state index is 10.7. The van der Waals surface area contributed by atoms with E-state index in [0.717, 1.165) is 42.9 Å². The summed E-state index contributed by atoms with van der Waals surface area (Å²) >= 11 is 0. The van der Waals surface area contributed by atoms with Crippen LogP contribution in [0.15, 0.2) is 0 Å². The Labute approximate surface area is 185 Å². The summed E-state index contributed by atoms with van der Waals surface area (Å²) in [5, 5.41) is 21.4. The van der Waals surface area contributed by atoms with Crippen LogP contribution in [0.5, 0.6) is 0 Å². The van der Waals surface area contributed by atoms with E-state index >= 15 is 0 Å². The molecule has 30 heavy (non-hydrogen) atoms. The first-order chi connectivity index (χ1) is 14.1. The van der Waals surface area contributed by atoms with Gasteiger partial charge in [-0.3, -0.25) is 0 Å². The van der Waals surface area contributed by atoms with E-state index in [1.807, 2.05) is 0 Å². The number of aliphatic hydroxyl groups excluding tert-OH is 2. The van der Waals surface area contributed by atoms with Gasteiger partial charge in [-0.15, -0.1) is 0 Å². The van der Waals surface area contributed by atoms with Crippen molar-refractivity contribution in [2.24, 2.45) is 57.2 Å². The van der Waals surface area contributed by atoms with E-state index in [1.54, 1.807) is 0 Å². The van der Waals surface area contributed by atoms with E-state index in [9.17, 15) is 10.2 Å². The fraction of sp³-hybridized carbons (Fsp3) is 1.00. The summed E-state index contributed by atoms with van der Waals surface area (Å²) in [6, 6.07) is 0. The molecule has 5 rings (SSSR count). The van der Waals surface area contributed by atoms with Crippen LogP contribution in [0.25, 0.3) is 0 Å². The molecule has 2 heteroatoms. The molecule has 11 unspecified atom stereocenters. The van der Waals surface area contributed by atoms with Gasteiger partial charge >= 0.3 is 0 Å². The minimum atomic E-state index is -0.223. The molecule has 0 heterocycles. The topological polar surface area (TPSA) is 40.5 Å². The molecule has 2 N–H and O–H groups in total. The predicted molar refractivity (Wildman–Crippen MR) is 123 cm³/mol. The average molecular weight is 417 g/mol. The Kier molecular flexibility index (Phi) is 5.04. The minimum absolute atomic E-state index is 0.0470. The van der Waals surface area contributed by atoms with Crippen LogP contribution < -0.4 is 0 Å². The fourth-order valence-corrected chi connectivity index (χ4v) is 10.9. The van der Waals surface area contributed by atoms with Gasteiger partial charge in [-0.05, 0) is 116 Å². The molecule has 172 valence electrons. The van der Waals surface area contributed by atoms with Crippen LogP contribution in [0.3, 0.4) is 0 Å². The summed E-state index contributed by atoms with van der Waals surface area (Å²) in [6.07, 6.45) is 14.2. The van der Waals surface area contributed by atoms with Crippen molar-refractivity contribution in [3.63, 3.8) is 0 Å². The number of hydrogen-bond donors (Lipinski definition) is 2. The zero-order valence-corrected chi connectivity index (χ0v) is 20.4. The maximum Gasteiger partial charge on any atom is 0.0572 e. The average Bonchev–Trinajstić information content (AvgIpc) is 2.71. The lowest BCUT2D eigenvalue weighted by Crippen LogP contribution is -2.65. The Hall–Kier alpha value is -0.0800. The molecule has 0 bridgehead atoms. The van der Waals surface area contributed by atoms with Crippen molar-refractivity contribution >= 4 is 0 Å². The fourth-order valence-electron chi connectivity index (χ4n) is 10.9. The second-order valence-corrected chi connectivity index (χ2v) is 13.8. The zero-order valence-electron chi connectivity index (χ0n) is 20.4. The van der Waals surface area contributed by atoms with Crippen LogP contribution in [0.4, 0.5) is 0 Å².